The van der Waals surface area contributed by atoms with E-state index in [2.05, 4.69) is 39.4 Å². The summed E-state index contributed by atoms with van der Waals surface area (Å²) >= 11 is 0. The first-order valence-electron chi connectivity index (χ1n) is 10.3. The number of halogens is 1. The minimum atomic E-state index is -0.275. The predicted molar refractivity (Wildman–Crippen MR) is 111 cm³/mol. The van der Waals surface area contributed by atoms with Gasteiger partial charge < -0.3 is 4.74 Å². The minimum absolute atomic E-state index is 0.143. The van der Waals surface area contributed by atoms with E-state index in [1.165, 1.54) is 43.1 Å². The Morgan fingerprint density at radius 2 is 1.59 bits per heavy atom. The van der Waals surface area contributed by atoms with Crippen LogP contribution in [0, 0.1) is 5.82 Å². The Balaban J connectivity index is 1.25. The summed E-state index contributed by atoms with van der Waals surface area (Å²) in [7, 11) is 0. The van der Waals surface area contributed by atoms with Crippen LogP contribution in [0.2, 0.25) is 0 Å². The lowest BCUT2D eigenvalue weighted by atomic mass is 10.1. The van der Waals surface area contributed by atoms with Crippen molar-refractivity contribution >= 4 is 0 Å². The zero-order chi connectivity index (χ0) is 19.9. The SMILES string of the molecule is Fc1ccccc1COc1ccc(CCc2ccc(CN3CCCC3)cc2)nn1. The second-order valence-electron chi connectivity index (χ2n) is 7.54. The molecule has 0 bridgehead atoms. The van der Waals surface area contributed by atoms with E-state index in [4.69, 9.17) is 4.74 Å². The molecule has 0 radical (unpaired) electrons. The van der Waals surface area contributed by atoms with Gasteiger partial charge in [0.05, 0.1) is 5.69 Å². The molecule has 29 heavy (non-hydrogen) atoms. The van der Waals surface area contributed by atoms with Gasteiger partial charge in [0, 0.05) is 18.2 Å². The molecule has 2 heterocycles. The van der Waals surface area contributed by atoms with Crippen LogP contribution in [0.3, 0.4) is 0 Å². The Labute approximate surface area is 171 Å². The van der Waals surface area contributed by atoms with Crippen LogP contribution in [-0.2, 0) is 26.0 Å². The first-order chi connectivity index (χ1) is 14.3. The number of benzene rings is 2. The molecule has 4 rings (SSSR count). The Morgan fingerprint density at radius 1 is 0.828 bits per heavy atom. The van der Waals surface area contributed by atoms with Crippen LogP contribution in [0.4, 0.5) is 4.39 Å². The average Bonchev–Trinajstić information content (AvgIpc) is 3.27. The van der Waals surface area contributed by atoms with Crippen molar-refractivity contribution in [1.29, 1.82) is 0 Å². The van der Waals surface area contributed by atoms with E-state index in [1.807, 2.05) is 6.07 Å². The monoisotopic (exact) mass is 391 g/mol. The Hall–Kier alpha value is -2.79. The van der Waals surface area contributed by atoms with Crippen LogP contribution in [0.25, 0.3) is 0 Å². The van der Waals surface area contributed by atoms with Gasteiger partial charge in [-0.25, -0.2) is 4.39 Å². The number of hydrogen-bond acceptors (Lipinski definition) is 4. The molecule has 0 saturated carbocycles. The van der Waals surface area contributed by atoms with Gasteiger partial charge in [-0.2, -0.15) is 5.10 Å². The molecular formula is C24H26FN3O. The number of aryl methyl sites for hydroxylation is 2. The third kappa shape index (κ3) is 5.61. The number of rotatable bonds is 8. The molecule has 4 nitrogen and oxygen atoms in total. The minimum Gasteiger partial charge on any atom is -0.472 e. The maximum atomic E-state index is 13.6. The highest BCUT2D eigenvalue weighted by Crippen LogP contribution is 2.15. The summed E-state index contributed by atoms with van der Waals surface area (Å²) in [6.45, 7) is 3.64. The Bertz CT molecular complexity index is 906. The highest BCUT2D eigenvalue weighted by molar-refractivity contribution is 5.24. The van der Waals surface area contributed by atoms with Crippen LogP contribution >= 0.6 is 0 Å². The maximum absolute atomic E-state index is 13.6. The van der Waals surface area contributed by atoms with E-state index in [0.29, 0.717) is 11.4 Å². The lowest BCUT2D eigenvalue weighted by molar-refractivity contribution is 0.284. The van der Waals surface area contributed by atoms with Crippen molar-refractivity contribution < 1.29 is 9.13 Å². The summed E-state index contributed by atoms with van der Waals surface area (Å²) in [6, 6.07) is 19.2. The lowest BCUT2D eigenvalue weighted by Gasteiger charge is -2.14. The van der Waals surface area contributed by atoms with Crippen molar-refractivity contribution in [2.45, 2.75) is 38.8 Å². The molecule has 1 aliphatic rings. The lowest BCUT2D eigenvalue weighted by Crippen LogP contribution is -2.18. The van der Waals surface area contributed by atoms with Gasteiger partial charge in [0.1, 0.15) is 12.4 Å². The van der Waals surface area contributed by atoms with Crippen molar-refractivity contribution in [3.05, 3.63) is 88.9 Å². The Kier molecular flexibility index (Phi) is 6.47. The molecule has 0 atom stereocenters. The maximum Gasteiger partial charge on any atom is 0.233 e. The fourth-order valence-corrected chi connectivity index (χ4v) is 3.61. The predicted octanol–water partition coefficient (Wildman–Crippen LogP) is 4.58. The van der Waals surface area contributed by atoms with Crippen molar-refractivity contribution in [1.82, 2.24) is 15.1 Å². The standard InChI is InChI=1S/C24H26FN3O/c25-23-6-2-1-5-21(23)18-29-24-14-13-22(26-27-24)12-11-19-7-9-20(10-8-19)17-28-15-3-4-16-28/h1-2,5-10,13-14H,3-4,11-12,15-18H2. The van der Waals surface area contributed by atoms with Gasteiger partial charge in [-0.15, -0.1) is 5.10 Å². The topological polar surface area (TPSA) is 38.2 Å². The molecule has 5 heteroatoms. The third-order valence-corrected chi connectivity index (χ3v) is 5.33. The number of hydrogen-bond donors (Lipinski definition) is 0. The number of aromatic nitrogens is 2. The number of likely N-dealkylation sites (tertiary alicyclic amines) is 1. The molecule has 2 aromatic carbocycles. The molecule has 1 aromatic heterocycles. The molecule has 0 unspecified atom stereocenters. The van der Waals surface area contributed by atoms with E-state index < -0.39 is 0 Å². The second-order valence-corrected chi connectivity index (χ2v) is 7.54. The summed E-state index contributed by atoms with van der Waals surface area (Å²) in [6.07, 6.45) is 4.40. The van der Waals surface area contributed by atoms with E-state index in [0.717, 1.165) is 25.1 Å². The average molecular weight is 391 g/mol. The molecule has 150 valence electrons. The van der Waals surface area contributed by atoms with Gasteiger partial charge in [-0.05, 0) is 62.0 Å². The van der Waals surface area contributed by atoms with Gasteiger partial charge in [-0.1, -0.05) is 42.5 Å². The first kappa shape index (κ1) is 19.5. The van der Waals surface area contributed by atoms with Gasteiger partial charge in [-0.3, -0.25) is 4.90 Å². The van der Waals surface area contributed by atoms with Crippen LogP contribution in [0.15, 0.2) is 60.7 Å². The summed E-state index contributed by atoms with van der Waals surface area (Å²) in [4.78, 5) is 2.51. The highest BCUT2D eigenvalue weighted by atomic mass is 19.1. The molecule has 3 aromatic rings. The van der Waals surface area contributed by atoms with Gasteiger partial charge in [0.15, 0.2) is 0 Å². The second kappa shape index (κ2) is 9.61. The van der Waals surface area contributed by atoms with Crippen LogP contribution in [0.1, 0.15) is 35.2 Å². The quantitative estimate of drug-likeness (QED) is 0.564. The van der Waals surface area contributed by atoms with Crippen molar-refractivity contribution in [3.8, 4) is 5.88 Å². The van der Waals surface area contributed by atoms with Crippen LogP contribution in [0.5, 0.6) is 5.88 Å². The molecule has 0 aliphatic carbocycles. The van der Waals surface area contributed by atoms with E-state index in [-0.39, 0.29) is 12.4 Å². The molecule has 0 spiro atoms. The zero-order valence-electron chi connectivity index (χ0n) is 16.6. The summed E-state index contributed by atoms with van der Waals surface area (Å²) in [5.74, 6) is 0.131. The number of nitrogens with zero attached hydrogens (tertiary/aromatic N) is 3. The molecule has 0 amide bonds. The van der Waals surface area contributed by atoms with E-state index in [9.17, 15) is 4.39 Å². The summed E-state index contributed by atoms with van der Waals surface area (Å²) in [5, 5.41) is 8.35. The first-order valence-corrected chi connectivity index (χ1v) is 10.3. The van der Waals surface area contributed by atoms with Crippen molar-refractivity contribution in [2.24, 2.45) is 0 Å². The summed E-state index contributed by atoms with van der Waals surface area (Å²) < 4.78 is 19.2. The number of ether oxygens (including phenoxy) is 1. The van der Waals surface area contributed by atoms with Gasteiger partial charge in [0.2, 0.25) is 5.88 Å². The fourth-order valence-electron chi connectivity index (χ4n) is 3.61. The fraction of sp³-hybridized carbons (Fsp3) is 0.333. The molecule has 1 saturated heterocycles. The Morgan fingerprint density at radius 3 is 2.31 bits per heavy atom. The highest BCUT2D eigenvalue weighted by Gasteiger charge is 2.11. The third-order valence-electron chi connectivity index (χ3n) is 5.33. The largest absolute Gasteiger partial charge is 0.472 e. The van der Waals surface area contributed by atoms with Crippen LogP contribution in [-0.4, -0.2) is 28.2 Å². The summed E-state index contributed by atoms with van der Waals surface area (Å²) in [5.41, 5.74) is 4.11. The van der Waals surface area contributed by atoms with Crippen molar-refractivity contribution in [3.63, 3.8) is 0 Å². The van der Waals surface area contributed by atoms with Crippen molar-refractivity contribution in [2.75, 3.05) is 13.1 Å². The normalized spacial score (nSPS) is 14.2. The van der Waals surface area contributed by atoms with Crippen LogP contribution < -0.4 is 4.74 Å². The van der Waals surface area contributed by atoms with E-state index in [1.54, 1.807) is 24.3 Å². The molecule has 0 N–H and O–H groups in total. The van der Waals surface area contributed by atoms with Gasteiger partial charge in [0.25, 0.3) is 0 Å². The molecule has 1 aliphatic heterocycles. The van der Waals surface area contributed by atoms with Gasteiger partial charge >= 0.3 is 0 Å². The molecular weight excluding hydrogens is 365 g/mol. The zero-order valence-corrected chi connectivity index (χ0v) is 16.6. The smallest absolute Gasteiger partial charge is 0.233 e. The molecule has 1 fully saturated rings. The van der Waals surface area contributed by atoms with E-state index >= 15 is 0 Å².